The lowest BCUT2D eigenvalue weighted by molar-refractivity contribution is -0.138. The highest BCUT2D eigenvalue weighted by atomic mass is 79.9. The van der Waals surface area contributed by atoms with E-state index in [1.54, 1.807) is 0 Å². The Hall–Kier alpha value is -0.0500. The second-order valence-electron chi connectivity index (χ2n) is 8.02. The van der Waals surface area contributed by atoms with E-state index in [2.05, 4.69) is 35.1 Å². The fourth-order valence-corrected chi connectivity index (χ4v) is 6.47. The van der Waals surface area contributed by atoms with E-state index in [-0.39, 0.29) is 5.41 Å². The molecule has 2 nitrogen and oxygen atoms in total. The Morgan fingerprint density at radius 2 is 1.57 bits per heavy atom. The Morgan fingerprint density at radius 3 is 2.00 bits per heavy atom. The minimum Gasteiger partial charge on any atom is -0.355 e. The van der Waals surface area contributed by atoms with Gasteiger partial charge in [0.15, 0.2) is 0 Å². The third kappa shape index (κ3) is 2.92. The molecule has 0 heterocycles. The van der Waals surface area contributed by atoms with Gasteiger partial charge >= 0.3 is 0 Å². The van der Waals surface area contributed by atoms with Crippen LogP contribution in [-0.4, -0.2) is 17.8 Å². The Morgan fingerprint density at radius 1 is 1.05 bits per heavy atom. The van der Waals surface area contributed by atoms with E-state index in [0.717, 1.165) is 36.6 Å². The van der Waals surface area contributed by atoms with Crippen molar-refractivity contribution in [1.29, 1.82) is 0 Å². The van der Waals surface area contributed by atoms with Crippen LogP contribution in [0.3, 0.4) is 0 Å². The topological polar surface area (TPSA) is 29.1 Å². The minimum atomic E-state index is 0.238. The Bertz CT molecular complexity index is 354. The van der Waals surface area contributed by atoms with Crippen molar-refractivity contribution < 1.29 is 4.79 Å². The Balaban J connectivity index is 1.61. The van der Waals surface area contributed by atoms with Crippen LogP contribution >= 0.6 is 15.9 Å². The molecule has 4 bridgehead atoms. The molecule has 0 spiro atoms. The van der Waals surface area contributed by atoms with Gasteiger partial charge in [0, 0.05) is 17.8 Å². The molecule has 120 valence electrons. The summed E-state index contributed by atoms with van der Waals surface area (Å²) in [5.74, 6) is 4.00. The molecule has 0 aromatic carbocycles. The smallest absolute Gasteiger partial charge is 0.223 e. The Labute approximate surface area is 138 Å². The summed E-state index contributed by atoms with van der Waals surface area (Å²) >= 11 is 3.65. The maximum absolute atomic E-state index is 12.8. The summed E-state index contributed by atoms with van der Waals surface area (Å²) in [5, 5.41) is 4.32. The first-order chi connectivity index (χ1) is 10.1. The first-order valence-electron chi connectivity index (χ1n) is 8.94. The molecule has 1 N–H and O–H groups in total. The number of carbonyl (C=O) groups is 1. The molecule has 0 aromatic heterocycles. The molecule has 0 aliphatic heterocycles. The molecular formula is C18H30BrNO. The third-order valence-electron chi connectivity index (χ3n) is 6.95. The SMILES string of the molecule is CCC(CC)(CBr)CNC(=O)C1C2CC3CC(C2)CC1C3. The number of amides is 1. The molecule has 4 aliphatic rings. The second kappa shape index (κ2) is 6.22. The molecule has 4 fully saturated rings. The summed E-state index contributed by atoms with van der Waals surface area (Å²) in [6.07, 6.45) is 9.02. The van der Waals surface area contributed by atoms with Gasteiger partial charge < -0.3 is 5.32 Å². The van der Waals surface area contributed by atoms with Crippen molar-refractivity contribution in [3.8, 4) is 0 Å². The van der Waals surface area contributed by atoms with E-state index in [0.29, 0.717) is 23.7 Å². The molecule has 1 amide bonds. The first kappa shape index (κ1) is 15.8. The fraction of sp³-hybridized carbons (Fsp3) is 0.944. The van der Waals surface area contributed by atoms with Gasteiger partial charge in [-0.2, -0.15) is 0 Å². The van der Waals surface area contributed by atoms with Gasteiger partial charge in [-0.1, -0.05) is 29.8 Å². The quantitative estimate of drug-likeness (QED) is 0.703. The molecule has 0 aromatic rings. The van der Waals surface area contributed by atoms with Gasteiger partial charge in [-0.3, -0.25) is 4.79 Å². The normalized spacial score (nSPS) is 37.8. The highest BCUT2D eigenvalue weighted by molar-refractivity contribution is 9.09. The zero-order chi connectivity index (χ0) is 15.0. The van der Waals surface area contributed by atoms with Gasteiger partial charge in [0.1, 0.15) is 0 Å². The number of rotatable bonds is 6. The van der Waals surface area contributed by atoms with E-state index in [9.17, 15) is 4.79 Å². The monoisotopic (exact) mass is 355 g/mol. The van der Waals surface area contributed by atoms with Crippen LogP contribution < -0.4 is 5.32 Å². The van der Waals surface area contributed by atoms with E-state index < -0.39 is 0 Å². The average molecular weight is 356 g/mol. The highest BCUT2D eigenvalue weighted by Crippen LogP contribution is 2.56. The lowest BCUT2D eigenvalue weighted by Gasteiger charge is -2.53. The van der Waals surface area contributed by atoms with Crippen LogP contribution in [0.25, 0.3) is 0 Å². The fourth-order valence-electron chi connectivity index (χ4n) is 5.48. The molecule has 0 radical (unpaired) electrons. The number of nitrogens with one attached hydrogen (secondary N) is 1. The summed E-state index contributed by atoms with van der Waals surface area (Å²) in [6.45, 7) is 5.31. The second-order valence-corrected chi connectivity index (χ2v) is 8.58. The molecule has 4 rings (SSSR count). The van der Waals surface area contributed by atoms with Crippen LogP contribution in [0.2, 0.25) is 0 Å². The van der Waals surface area contributed by atoms with Gasteiger partial charge in [0.2, 0.25) is 5.91 Å². The molecule has 0 unspecified atom stereocenters. The molecule has 3 heteroatoms. The summed E-state index contributed by atoms with van der Waals surface area (Å²) < 4.78 is 0. The number of carbonyl (C=O) groups excluding carboxylic acids is 1. The molecule has 0 saturated heterocycles. The van der Waals surface area contributed by atoms with Crippen molar-refractivity contribution >= 4 is 21.8 Å². The molecule has 4 saturated carbocycles. The summed E-state index contributed by atoms with van der Waals surface area (Å²) in [4.78, 5) is 12.8. The summed E-state index contributed by atoms with van der Waals surface area (Å²) in [7, 11) is 0. The zero-order valence-corrected chi connectivity index (χ0v) is 15.1. The van der Waals surface area contributed by atoms with Gasteiger partial charge in [-0.25, -0.2) is 0 Å². The number of alkyl halides is 1. The lowest BCUT2D eigenvalue weighted by Crippen LogP contribution is -2.52. The molecular weight excluding hydrogens is 326 g/mol. The van der Waals surface area contributed by atoms with Crippen molar-refractivity contribution in [2.24, 2.45) is 35.0 Å². The van der Waals surface area contributed by atoms with Crippen LogP contribution in [0.1, 0.15) is 58.8 Å². The maximum atomic E-state index is 12.8. The zero-order valence-electron chi connectivity index (χ0n) is 13.5. The first-order valence-corrected chi connectivity index (χ1v) is 10.1. The standard InChI is InChI=1S/C18H30BrNO/c1-3-18(4-2,10-19)11-20-17(21)16-14-6-12-5-13(8-14)9-15(16)7-12/h12-16H,3-11H2,1-2H3,(H,20,21). The van der Waals surface area contributed by atoms with Crippen molar-refractivity contribution in [3.05, 3.63) is 0 Å². The van der Waals surface area contributed by atoms with Crippen molar-refractivity contribution in [2.45, 2.75) is 58.8 Å². The van der Waals surface area contributed by atoms with Gasteiger partial charge in [-0.15, -0.1) is 0 Å². The van der Waals surface area contributed by atoms with Gasteiger partial charge in [0.25, 0.3) is 0 Å². The molecule has 21 heavy (non-hydrogen) atoms. The lowest BCUT2D eigenvalue weighted by atomic mass is 9.51. The third-order valence-corrected chi connectivity index (χ3v) is 8.14. The summed E-state index contributed by atoms with van der Waals surface area (Å²) in [6, 6.07) is 0. The minimum absolute atomic E-state index is 0.238. The Kier molecular flexibility index (Phi) is 4.69. The van der Waals surface area contributed by atoms with Crippen LogP contribution in [0.15, 0.2) is 0 Å². The maximum Gasteiger partial charge on any atom is 0.223 e. The van der Waals surface area contributed by atoms with Crippen LogP contribution in [0.4, 0.5) is 0 Å². The average Bonchev–Trinajstić information content (AvgIpc) is 2.48. The number of hydrogen-bond donors (Lipinski definition) is 1. The highest BCUT2D eigenvalue weighted by Gasteiger charge is 2.50. The van der Waals surface area contributed by atoms with Crippen molar-refractivity contribution in [3.63, 3.8) is 0 Å². The van der Waals surface area contributed by atoms with E-state index in [1.165, 1.54) is 32.1 Å². The van der Waals surface area contributed by atoms with Crippen LogP contribution in [0.5, 0.6) is 0 Å². The largest absolute Gasteiger partial charge is 0.355 e. The summed E-state index contributed by atoms with van der Waals surface area (Å²) in [5.41, 5.74) is 0.238. The van der Waals surface area contributed by atoms with Gasteiger partial charge in [0.05, 0.1) is 0 Å². The van der Waals surface area contributed by atoms with E-state index in [1.807, 2.05) is 0 Å². The van der Waals surface area contributed by atoms with Crippen LogP contribution in [0, 0.1) is 35.0 Å². The van der Waals surface area contributed by atoms with Gasteiger partial charge in [-0.05, 0) is 74.0 Å². The predicted octanol–water partition coefficient (Wildman–Crippen LogP) is 4.38. The van der Waals surface area contributed by atoms with E-state index in [4.69, 9.17) is 0 Å². The number of halogens is 1. The van der Waals surface area contributed by atoms with Crippen LogP contribution in [-0.2, 0) is 4.79 Å². The van der Waals surface area contributed by atoms with Crippen molar-refractivity contribution in [2.75, 3.05) is 11.9 Å². The molecule has 0 atom stereocenters. The molecule has 4 aliphatic carbocycles. The van der Waals surface area contributed by atoms with E-state index >= 15 is 0 Å². The number of hydrogen-bond acceptors (Lipinski definition) is 1. The van der Waals surface area contributed by atoms with Crippen molar-refractivity contribution in [1.82, 2.24) is 5.32 Å². The predicted molar refractivity (Wildman–Crippen MR) is 90.4 cm³/mol.